The lowest BCUT2D eigenvalue weighted by Gasteiger charge is -2.18. The summed E-state index contributed by atoms with van der Waals surface area (Å²) >= 11 is 1.79. The SMILES string of the molecule is [2H]C(C)(C)c1cc(-c2cccc3c2oc2c4cc(C)sc4ccc32)ncc1-c1c(C)cccc1C. The van der Waals surface area contributed by atoms with E-state index in [2.05, 4.69) is 81.4 Å². The molecule has 0 unspecified atom stereocenters. The van der Waals surface area contributed by atoms with Gasteiger partial charge in [0.25, 0.3) is 0 Å². The van der Waals surface area contributed by atoms with Gasteiger partial charge in [0.15, 0.2) is 0 Å². The number of nitrogens with zero attached hydrogens (tertiary/aromatic N) is 1. The molecule has 168 valence electrons. The largest absolute Gasteiger partial charge is 0.455 e. The second kappa shape index (κ2) is 7.82. The summed E-state index contributed by atoms with van der Waals surface area (Å²) in [5.41, 5.74) is 9.11. The van der Waals surface area contributed by atoms with Crippen LogP contribution in [0, 0.1) is 20.8 Å². The Labute approximate surface area is 205 Å². The number of benzene rings is 3. The van der Waals surface area contributed by atoms with E-state index in [1.165, 1.54) is 31.7 Å². The fourth-order valence-corrected chi connectivity index (χ4v) is 6.07. The van der Waals surface area contributed by atoms with Crippen LogP contribution in [0.5, 0.6) is 0 Å². The van der Waals surface area contributed by atoms with Crippen LogP contribution in [-0.2, 0) is 0 Å². The molecular weight excluding hydrogens is 434 g/mol. The van der Waals surface area contributed by atoms with Crippen molar-refractivity contribution < 1.29 is 5.79 Å². The Morgan fingerprint density at radius 1 is 0.824 bits per heavy atom. The number of fused-ring (bicyclic) bond motifs is 5. The average molecular weight is 463 g/mol. The Balaban J connectivity index is 1.62. The van der Waals surface area contributed by atoms with Crippen molar-refractivity contribution in [3.63, 3.8) is 0 Å². The van der Waals surface area contributed by atoms with Crippen molar-refractivity contribution in [1.29, 1.82) is 0 Å². The molecule has 0 N–H and O–H groups in total. The molecule has 0 aliphatic rings. The third kappa shape index (κ3) is 3.19. The fraction of sp³-hybridized carbons (Fsp3) is 0.194. The van der Waals surface area contributed by atoms with Crippen LogP contribution in [0.3, 0.4) is 0 Å². The Bertz CT molecular complexity index is 1750. The molecule has 34 heavy (non-hydrogen) atoms. The molecule has 0 bridgehead atoms. The van der Waals surface area contributed by atoms with Crippen LogP contribution in [-0.4, -0.2) is 4.98 Å². The van der Waals surface area contributed by atoms with Crippen molar-refractivity contribution in [3.05, 3.63) is 88.4 Å². The standard InChI is InChI=1S/C31H27NOS/c1-17(2)24-15-27(32-16-26(24)29-18(3)8-6-9-19(29)4)23-11-7-10-21-22-12-13-28-25(14-20(5)34-28)31(22)33-30(21)23/h6-17H,1-5H3/i17D. The van der Waals surface area contributed by atoms with Gasteiger partial charge in [0, 0.05) is 44.4 Å². The molecule has 3 heterocycles. The van der Waals surface area contributed by atoms with Crippen LogP contribution in [0.25, 0.3) is 54.4 Å². The van der Waals surface area contributed by atoms with Crippen LogP contribution in [0.15, 0.2) is 71.3 Å². The molecular formula is C31H27NOS. The Morgan fingerprint density at radius 3 is 2.32 bits per heavy atom. The molecule has 0 saturated heterocycles. The van der Waals surface area contributed by atoms with Crippen molar-refractivity contribution in [1.82, 2.24) is 4.98 Å². The minimum atomic E-state index is -0.788. The van der Waals surface area contributed by atoms with Crippen LogP contribution < -0.4 is 0 Å². The topological polar surface area (TPSA) is 26.0 Å². The summed E-state index contributed by atoms with van der Waals surface area (Å²) in [6.07, 6.45) is 1.94. The predicted octanol–water partition coefficient (Wildman–Crippen LogP) is 9.58. The Morgan fingerprint density at radius 2 is 1.56 bits per heavy atom. The van der Waals surface area contributed by atoms with E-state index in [4.69, 9.17) is 10.8 Å². The number of furan rings is 1. The Hall–Kier alpha value is -3.43. The van der Waals surface area contributed by atoms with E-state index >= 15 is 0 Å². The number of para-hydroxylation sites is 1. The fourth-order valence-electron chi connectivity index (χ4n) is 5.15. The lowest BCUT2D eigenvalue weighted by molar-refractivity contribution is 0.673. The van der Waals surface area contributed by atoms with Gasteiger partial charge in [-0.15, -0.1) is 11.3 Å². The van der Waals surface area contributed by atoms with Gasteiger partial charge in [-0.05, 0) is 79.3 Å². The van der Waals surface area contributed by atoms with Gasteiger partial charge in [0.1, 0.15) is 11.2 Å². The highest BCUT2D eigenvalue weighted by atomic mass is 32.1. The van der Waals surface area contributed by atoms with Crippen molar-refractivity contribution in [2.24, 2.45) is 0 Å². The lowest BCUT2D eigenvalue weighted by Crippen LogP contribution is -1.99. The summed E-state index contributed by atoms with van der Waals surface area (Å²) in [6.45, 7) is 10.3. The summed E-state index contributed by atoms with van der Waals surface area (Å²) in [5.74, 6) is -0.788. The number of hydrogen-bond acceptors (Lipinski definition) is 3. The van der Waals surface area contributed by atoms with E-state index in [0.717, 1.165) is 44.3 Å². The third-order valence-electron chi connectivity index (χ3n) is 6.75. The molecule has 3 heteroatoms. The molecule has 0 radical (unpaired) electrons. The summed E-state index contributed by atoms with van der Waals surface area (Å²) in [7, 11) is 0. The predicted molar refractivity (Wildman–Crippen MR) is 146 cm³/mol. The van der Waals surface area contributed by atoms with Gasteiger partial charge in [-0.25, -0.2) is 0 Å². The minimum absolute atomic E-state index is 0.788. The second-order valence-corrected chi connectivity index (χ2v) is 10.7. The van der Waals surface area contributed by atoms with Gasteiger partial charge in [0.2, 0.25) is 0 Å². The monoisotopic (exact) mass is 462 g/mol. The maximum absolute atomic E-state index is 8.96. The molecule has 3 aromatic heterocycles. The maximum Gasteiger partial charge on any atom is 0.144 e. The lowest BCUT2D eigenvalue weighted by atomic mass is 9.88. The minimum Gasteiger partial charge on any atom is -0.455 e. The van der Waals surface area contributed by atoms with Crippen LogP contribution in [0.2, 0.25) is 0 Å². The smallest absolute Gasteiger partial charge is 0.144 e. The molecule has 0 spiro atoms. The number of hydrogen-bond donors (Lipinski definition) is 0. The molecule has 0 aliphatic heterocycles. The van der Waals surface area contributed by atoms with Gasteiger partial charge < -0.3 is 4.42 Å². The molecule has 2 nitrogen and oxygen atoms in total. The highest BCUT2D eigenvalue weighted by Crippen LogP contribution is 2.41. The normalized spacial score (nSPS) is 12.7. The quantitative estimate of drug-likeness (QED) is 0.262. The summed E-state index contributed by atoms with van der Waals surface area (Å²) in [6, 6.07) is 21.2. The molecule has 0 saturated carbocycles. The van der Waals surface area contributed by atoms with E-state index in [1.807, 2.05) is 20.0 Å². The van der Waals surface area contributed by atoms with E-state index in [0.29, 0.717) is 0 Å². The van der Waals surface area contributed by atoms with Crippen molar-refractivity contribution in [2.75, 3.05) is 0 Å². The van der Waals surface area contributed by atoms with Gasteiger partial charge in [-0.2, -0.15) is 0 Å². The van der Waals surface area contributed by atoms with E-state index < -0.39 is 5.89 Å². The number of aromatic nitrogens is 1. The van der Waals surface area contributed by atoms with E-state index in [-0.39, 0.29) is 0 Å². The van der Waals surface area contributed by atoms with Gasteiger partial charge in [0.05, 0.1) is 5.69 Å². The molecule has 3 aromatic carbocycles. The van der Waals surface area contributed by atoms with Gasteiger partial charge >= 0.3 is 0 Å². The number of pyridine rings is 1. The highest BCUT2D eigenvalue weighted by Gasteiger charge is 2.19. The molecule has 0 atom stereocenters. The number of aryl methyl sites for hydroxylation is 3. The van der Waals surface area contributed by atoms with Gasteiger partial charge in [-0.1, -0.05) is 44.2 Å². The van der Waals surface area contributed by atoms with Crippen molar-refractivity contribution in [3.8, 4) is 22.4 Å². The third-order valence-corrected chi connectivity index (χ3v) is 7.77. The first kappa shape index (κ1) is 20.0. The molecule has 0 fully saturated rings. The molecule has 0 amide bonds. The summed E-state index contributed by atoms with van der Waals surface area (Å²) in [4.78, 5) is 6.20. The summed E-state index contributed by atoms with van der Waals surface area (Å²) in [5, 5.41) is 3.38. The molecule has 6 aromatic rings. The highest BCUT2D eigenvalue weighted by molar-refractivity contribution is 7.19. The first-order chi connectivity index (χ1) is 16.7. The maximum atomic E-state index is 8.96. The zero-order valence-electron chi connectivity index (χ0n) is 21.1. The molecule has 6 rings (SSSR count). The zero-order chi connectivity index (χ0) is 24.5. The van der Waals surface area contributed by atoms with Gasteiger partial charge in [-0.3, -0.25) is 4.98 Å². The van der Waals surface area contributed by atoms with Crippen molar-refractivity contribution in [2.45, 2.75) is 40.5 Å². The second-order valence-electron chi connectivity index (χ2n) is 9.38. The zero-order valence-corrected chi connectivity index (χ0v) is 20.9. The first-order valence-electron chi connectivity index (χ1n) is 12.1. The van der Waals surface area contributed by atoms with Crippen LogP contribution in [0.1, 0.15) is 42.7 Å². The number of thiophene rings is 1. The van der Waals surface area contributed by atoms with E-state index in [1.54, 1.807) is 11.3 Å². The summed E-state index contributed by atoms with van der Waals surface area (Å²) < 4.78 is 16.8. The molecule has 0 aliphatic carbocycles. The number of rotatable bonds is 3. The van der Waals surface area contributed by atoms with Crippen molar-refractivity contribution >= 4 is 43.4 Å². The van der Waals surface area contributed by atoms with E-state index in [9.17, 15) is 0 Å². The first-order valence-corrected chi connectivity index (χ1v) is 12.5. The Kier molecular flexibility index (Phi) is 4.59. The van der Waals surface area contributed by atoms with Crippen LogP contribution >= 0.6 is 11.3 Å². The van der Waals surface area contributed by atoms with Crippen LogP contribution in [0.4, 0.5) is 0 Å². The average Bonchev–Trinajstić information content (AvgIpc) is 3.38.